The molecule has 1 aliphatic rings. The van der Waals surface area contributed by atoms with Gasteiger partial charge in [0.2, 0.25) is 5.91 Å². The van der Waals surface area contributed by atoms with E-state index in [2.05, 4.69) is 5.32 Å². The second-order valence-corrected chi connectivity index (χ2v) is 2.20. The van der Waals surface area contributed by atoms with Gasteiger partial charge in [-0.3, -0.25) is 15.1 Å². The Labute approximate surface area is 53.3 Å². The zero-order valence-corrected chi connectivity index (χ0v) is 5.27. The van der Waals surface area contributed by atoms with E-state index >= 15 is 0 Å². The maximum atomic E-state index is 10.6. The smallest absolute Gasteiger partial charge is 0.239 e. The van der Waals surface area contributed by atoms with E-state index in [9.17, 15) is 4.79 Å². The highest BCUT2D eigenvalue weighted by Crippen LogP contribution is 1.87. The molecule has 0 aromatic heterocycles. The van der Waals surface area contributed by atoms with E-state index in [1.54, 1.807) is 4.90 Å². The standard InChI is InChI=1S/C5H9N3O/c1-8-2-4(6)7-5(9)3-8/h2-3H2,1H3,(H2,6,7,9). The van der Waals surface area contributed by atoms with Gasteiger partial charge in [-0.25, -0.2) is 0 Å². The molecule has 0 radical (unpaired) electrons. The molecular formula is C5H9N3O. The summed E-state index contributed by atoms with van der Waals surface area (Å²) in [6, 6.07) is 0. The number of piperazine rings is 1. The Bertz CT molecular complexity index is 138. The summed E-state index contributed by atoms with van der Waals surface area (Å²) in [6.07, 6.45) is 0. The van der Waals surface area contributed by atoms with Crippen LogP contribution in [0, 0.1) is 5.41 Å². The van der Waals surface area contributed by atoms with Gasteiger partial charge in [0.1, 0.15) is 5.84 Å². The lowest BCUT2D eigenvalue weighted by atomic mass is 10.4. The van der Waals surface area contributed by atoms with Crippen molar-refractivity contribution >= 4 is 11.7 Å². The third kappa shape index (κ3) is 1.50. The van der Waals surface area contributed by atoms with Crippen molar-refractivity contribution in [3.8, 4) is 0 Å². The average Bonchev–Trinajstić information content (AvgIpc) is 1.59. The van der Waals surface area contributed by atoms with Crippen LogP contribution in [0.25, 0.3) is 0 Å². The van der Waals surface area contributed by atoms with E-state index in [4.69, 9.17) is 5.41 Å². The van der Waals surface area contributed by atoms with Crippen molar-refractivity contribution in [3.05, 3.63) is 0 Å². The summed E-state index contributed by atoms with van der Waals surface area (Å²) in [4.78, 5) is 12.4. The summed E-state index contributed by atoms with van der Waals surface area (Å²) in [7, 11) is 1.81. The molecule has 9 heavy (non-hydrogen) atoms. The van der Waals surface area contributed by atoms with Crippen LogP contribution in [0.1, 0.15) is 0 Å². The highest BCUT2D eigenvalue weighted by Gasteiger charge is 2.15. The van der Waals surface area contributed by atoms with E-state index < -0.39 is 0 Å². The number of carbonyl (C=O) groups excluding carboxylic acids is 1. The molecule has 1 saturated heterocycles. The monoisotopic (exact) mass is 127 g/mol. The topological polar surface area (TPSA) is 56.2 Å². The van der Waals surface area contributed by atoms with Crippen LogP contribution >= 0.6 is 0 Å². The summed E-state index contributed by atoms with van der Waals surface area (Å²) in [6.45, 7) is 0.952. The first-order valence-corrected chi connectivity index (χ1v) is 2.74. The number of rotatable bonds is 0. The van der Waals surface area contributed by atoms with Crippen LogP contribution in [0.15, 0.2) is 0 Å². The number of likely N-dealkylation sites (N-methyl/N-ethyl adjacent to an activating group) is 1. The summed E-state index contributed by atoms with van der Waals surface area (Å²) in [5, 5.41) is 9.49. The van der Waals surface area contributed by atoms with Gasteiger partial charge in [0.25, 0.3) is 0 Å². The summed E-state index contributed by atoms with van der Waals surface area (Å²) < 4.78 is 0. The molecule has 2 N–H and O–H groups in total. The lowest BCUT2D eigenvalue weighted by Gasteiger charge is -2.21. The Kier molecular flexibility index (Phi) is 1.48. The van der Waals surface area contributed by atoms with Crippen LogP contribution in [0.5, 0.6) is 0 Å². The van der Waals surface area contributed by atoms with E-state index in [1.165, 1.54) is 0 Å². The predicted molar refractivity (Wildman–Crippen MR) is 33.4 cm³/mol. The van der Waals surface area contributed by atoms with Gasteiger partial charge in [-0.05, 0) is 7.05 Å². The molecule has 0 aromatic rings. The molecule has 0 unspecified atom stereocenters. The number of hydrogen-bond donors (Lipinski definition) is 2. The number of amidine groups is 1. The molecule has 1 heterocycles. The molecular weight excluding hydrogens is 118 g/mol. The molecule has 1 fully saturated rings. The Morgan fingerprint density at radius 1 is 1.67 bits per heavy atom. The fourth-order valence-corrected chi connectivity index (χ4v) is 0.818. The third-order valence-corrected chi connectivity index (χ3v) is 1.13. The third-order valence-electron chi connectivity index (χ3n) is 1.13. The Balaban J connectivity index is 2.53. The first kappa shape index (κ1) is 6.22. The lowest BCUT2D eigenvalue weighted by molar-refractivity contribution is -0.121. The maximum Gasteiger partial charge on any atom is 0.239 e. The predicted octanol–water partition coefficient (Wildman–Crippen LogP) is -0.975. The van der Waals surface area contributed by atoms with E-state index in [-0.39, 0.29) is 11.7 Å². The first-order valence-electron chi connectivity index (χ1n) is 2.74. The van der Waals surface area contributed by atoms with Crippen LogP contribution in [-0.4, -0.2) is 36.8 Å². The first-order chi connectivity index (χ1) is 4.18. The second-order valence-electron chi connectivity index (χ2n) is 2.20. The van der Waals surface area contributed by atoms with Crippen molar-refractivity contribution in [3.63, 3.8) is 0 Å². The average molecular weight is 127 g/mol. The minimum atomic E-state index is -0.0891. The minimum absolute atomic E-state index is 0.0891. The van der Waals surface area contributed by atoms with E-state index in [0.29, 0.717) is 13.1 Å². The number of carbonyl (C=O) groups is 1. The minimum Gasteiger partial charge on any atom is -0.313 e. The molecule has 0 aliphatic carbocycles. The van der Waals surface area contributed by atoms with Gasteiger partial charge < -0.3 is 5.32 Å². The summed E-state index contributed by atoms with van der Waals surface area (Å²) in [5.74, 6) is 0.197. The fourth-order valence-electron chi connectivity index (χ4n) is 0.818. The molecule has 4 heteroatoms. The van der Waals surface area contributed by atoms with Crippen molar-refractivity contribution in [2.45, 2.75) is 0 Å². The van der Waals surface area contributed by atoms with Crippen molar-refractivity contribution in [1.29, 1.82) is 5.41 Å². The van der Waals surface area contributed by atoms with Gasteiger partial charge in [0.15, 0.2) is 0 Å². The second kappa shape index (κ2) is 2.14. The fraction of sp³-hybridized carbons (Fsp3) is 0.600. The van der Waals surface area contributed by atoms with Crippen LogP contribution in [0.2, 0.25) is 0 Å². The van der Waals surface area contributed by atoms with Crippen LogP contribution in [0.3, 0.4) is 0 Å². The maximum absolute atomic E-state index is 10.6. The molecule has 0 spiro atoms. The Morgan fingerprint density at radius 2 is 2.33 bits per heavy atom. The van der Waals surface area contributed by atoms with E-state index in [1.807, 2.05) is 7.05 Å². The number of hydrogen-bond acceptors (Lipinski definition) is 3. The van der Waals surface area contributed by atoms with E-state index in [0.717, 1.165) is 0 Å². The molecule has 1 aliphatic heterocycles. The molecule has 0 aromatic carbocycles. The quantitative estimate of drug-likeness (QED) is 0.439. The summed E-state index contributed by atoms with van der Waals surface area (Å²) >= 11 is 0. The molecule has 50 valence electrons. The van der Waals surface area contributed by atoms with Gasteiger partial charge in [0.05, 0.1) is 13.1 Å². The van der Waals surface area contributed by atoms with Crippen molar-refractivity contribution in [1.82, 2.24) is 10.2 Å². The van der Waals surface area contributed by atoms with Crippen molar-refractivity contribution in [2.24, 2.45) is 0 Å². The zero-order valence-electron chi connectivity index (χ0n) is 5.27. The van der Waals surface area contributed by atoms with Crippen LogP contribution in [0.4, 0.5) is 0 Å². The number of amides is 1. The SMILES string of the molecule is CN1CC(=N)NC(=O)C1. The summed E-state index contributed by atoms with van der Waals surface area (Å²) in [5.41, 5.74) is 0. The zero-order chi connectivity index (χ0) is 6.85. The highest BCUT2D eigenvalue weighted by atomic mass is 16.2. The highest BCUT2D eigenvalue weighted by molar-refractivity contribution is 6.00. The lowest BCUT2D eigenvalue weighted by Crippen LogP contribution is -2.49. The van der Waals surface area contributed by atoms with Gasteiger partial charge >= 0.3 is 0 Å². The molecule has 1 amide bonds. The van der Waals surface area contributed by atoms with Gasteiger partial charge in [-0.15, -0.1) is 0 Å². The van der Waals surface area contributed by atoms with Gasteiger partial charge in [0, 0.05) is 0 Å². The number of nitrogens with zero attached hydrogens (tertiary/aromatic N) is 1. The van der Waals surface area contributed by atoms with Crippen LogP contribution < -0.4 is 5.32 Å². The molecule has 1 rings (SSSR count). The largest absolute Gasteiger partial charge is 0.313 e. The molecule has 0 bridgehead atoms. The van der Waals surface area contributed by atoms with Crippen LogP contribution in [-0.2, 0) is 4.79 Å². The van der Waals surface area contributed by atoms with Crippen molar-refractivity contribution in [2.75, 3.05) is 20.1 Å². The molecule has 0 saturated carbocycles. The number of nitrogens with one attached hydrogen (secondary N) is 2. The van der Waals surface area contributed by atoms with Gasteiger partial charge in [-0.1, -0.05) is 0 Å². The Morgan fingerprint density at radius 3 is 2.78 bits per heavy atom. The normalized spacial score (nSPS) is 21.9. The van der Waals surface area contributed by atoms with Crippen molar-refractivity contribution < 1.29 is 4.79 Å². The Hall–Kier alpha value is -0.900. The van der Waals surface area contributed by atoms with Gasteiger partial charge in [-0.2, -0.15) is 0 Å². The molecule has 0 atom stereocenters. The molecule has 4 nitrogen and oxygen atoms in total.